The van der Waals surface area contributed by atoms with E-state index in [1.807, 2.05) is 36.4 Å². The van der Waals surface area contributed by atoms with Crippen molar-refractivity contribution in [3.63, 3.8) is 0 Å². The number of halogens is 2. The molecule has 1 aliphatic rings. The van der Waals surface area contributed by atoms with Crippen molar-refractivity contribution < 1.29 is 13.6 Å². The van der Waals surface area contributed by atoms with Gasteiger partial charge in [-0.2, -0.15) is 0 Å². The third-order valence-corrected chi connectivity index (χ3v) is 4.90. The van der Waals surface area contributed by atoms with E-state index < -0.39 is 0 Å². The van der Waals surface area contributed by atoms with Crippen molar-refractivity contribution in [2.75, 3.05) is 0 Å². The lowest BCUT2D eigenvalue weighted by Crippen LogP contribution is -2.24. The smallest absolute Gasteiger partial charge is 0.224 e. The zero-order valence-corrected chi connectivity index (χ0v) is 14.7. The number of hydrogen-bond acceptors (Lipinski definition) is 2. The van der Waals surface area contributed by atoms with Crippen LogP contribution in [0.2, 0.25) is 5.02 Å². The zero-order valence-electron chi connectivity index (χ0n) is 13.9. The second kappa shape index (κ2) is 6.96. The van der Waals surface area contributed by atoms with E-state index in [9.17, 15) is 9.18 Å². The Labute approximate surface area is 155 Å². The quantitative estimate of drug-likeness (QED) is 0.675. The highest BCUT2D eigenvalue weighted by molar-refractivity contribution is 6.30. The van der Waals surface area contributed by atoms with Gasteiger partial charge in [-0.25, -0.2) is 4.39 Å². The highest BCUT2D eigenvalue weighted by Gasteiger charge is 2.43. The molecule has 1 N–H and O–H groups in total. The number of hydrogen-bond donors (Lipinski definition) is 1. The van der Waals surface area contributed by atoms with E-state index in [2.05, 4.69) is 5.32 Å². The van der Waals surface area contributed by atoms with Gasteiger partial charge < -0.3 is 9.73 Å². The molecule has 0 saturated heterocycles. The molecular formula is C21H17ClFNO2. The fourth-order valence-corrected chi connectivity index (χ4v) is 3.24. The lowest BCUT2D eigenvalue weighted by molar-refractivity contribution is -0.122. The summed E-state index contributed by atoms with van der Waals surface area (Å²) in [7, 11) is 0. The highest BCUT2D eigenvalue weighted by Crippen LogP contribution is 2.47. The molecular weight excluding hydrogens is 353 g/mol. The van der Waals surface area contributed by atoms with Gasteiger partial charge in [0.25, 0.3) is 0 Å². The van der Waals surface area contributed by atoms with Crippen LogP contribution in [0.5, 0.6) is 0 Å². The van der Waals surface area contributed by atoms with E-state index in [4.69, 9.17) is 16.0 Å². The van der Waals surface area contributed by atoms with Crippen molar-refractivity contribution in [3.8, 4) is 11.3 Å². The van der Waals surface area contributed by atoms with Crippen LogP contribution < -0.4 is 5.32 Å². The Balaban J connectivity index is 1.33. The minimum Gasteiger partial charge on any atom is -0.459 e. The molecule has 1 aliphatic carbocycles. The zero-order chi connectivity index (χ0) is 18.1. The summed E-state index contributed by atoms with van der Waals surface area (Å²) in [5.41, 5.74) is 1.94. The van der Waals surface area contributed by atoms with E-state index in [0.717, 1.165) is 23.3 Å². The van der Waals surface area contributed by atoms with E-state index in [1.165, 1.54) is 12.1 Å². The molecule has 1 aromatic heterocycles. The summed E-state index contributed by atoms with van der Waals surface area (Å²) < 4.78 is 18.8. The molecule has 0 aliphatic heterocycles. The van der Waals surface area contributed by atoms with Gasteiger partial charge in [-0.3, -0.25) is 4.79 Å². The molecule has 3 nitrogen and oxygen atoms in total. The standard InChI is InChI=1S/C21H17ClFNO2/c22-15-5-1-14(2-6-15)20-10-9-17(26-20)12-24-21(25)19-11-18(19)13-3-7-16(23)8-4-13/h1-10,18-19H,11-12H2,(H,24,25)/t18-,19+/m1/s1. The molecule has 1 saturated carbocycles. The Hall–Kier alpha value is -2.59. The summed E-state index contributed by atoms with van der Waals surface area (Å²) in [6, 6.07) is 17.5. The largest absolute Gasteiger partial charge is 0.459 e. The number of amides is 1. The lowest BCUT2D eigenvalue weighted by Gasteiger charge is -2.04. The van der Waals surface area contributed by atoms with E-state index >= 15 is 0 Å². The number of nitrogens with one attached hydrogen (secondary N) is 1. The average molecular weight is 370 g/mol. The van der Waals surface area contributed by atoms with Crippen LogP contribution in [0.3, 0.4) is 0 Å². The molecule has 1 heterocycles. The second-order valence-corrected chi connectivity index (χ2v) is 6.93. The summed E-state index contributed by atoms with van der Waals surface area (Å²) in [6.45, 7) is 0.346. The molecule has 4 rings (SSSR count). The van der Waals surface area contributed by atoms with Gasteiger partial charge in [0, 0.05) is 16.5 Å². The molecule has 132 valence electrons. The highest BCUT2D eigenvalue weighted by atomic mass is 35.5. The van der Waals surface area contributed by atoms with Gasteiger partial charge in [-0.1, -0.05) is 23.7 Å². The first-order valence-electron chi connectivity index (χ1n) is 8.48. The second-order valence-electron chi connectivity index (χ2n) is 6.49. The van der Waals surface area contributed by atoms with Gasteiger partial charge in [-0.15, -0.1) is 0 Å². The van der Waals surface area contributed by atoms with Gasteiger partial charge in [0.2, 0.25) is 5.91 Å². The molecule has 0 radical (unpaired) electrons. The van der Waals surface area contributed by atoms with Crippen molar-refractivity contribution in [2.45, 2.75) is 18.9 Å². The number of rotatable bonds is 5. The maximum absolute atomic E-state index is 13.0. The molecule has 0 bridgehead atoms. The fraction of sp³-hybridized carbons (Fsp3) is 0.190. The van der Waals surface area contributed by atoms with Crippen molar-refractivity contribution in [2.24, 2.45) is 5.92 Å². The third-order valence-electron chi connectivity index (χ3n) is 4.65. The predicted octanol–water partition coefficient (Wildman–Crippen LogP) is 5.16. The first-order valence-corrected chi connectivity index (χ1v) is 8.86. The Bertz CT molecular complexity index is 918. The summed E-state index contributed by atoms with van der Waals surface area (Å²) >= 11 is 5.89. The van der Waals surface area contributed by atoms with Gasteiger partial charge in [0.05, 0.1) is 6.54 Å². The topological polar surface area (TPSA) is 42.2 Å². The van der Waals surface area contributed by atoms with Crippen LogP contribution in [0.4, 0.5) is 4.39 Å². The van der Waals surface area contributed by atoms with Crippen molar-refractivity contribution in [3.05, 3.63) is 82.8 Å². The van der Waals surface area contributed by atoms with Gasteiger partial charge in [0.1, 0.15) is 17.3 Å². The van der Waals surface area contributed by atoms with Gasteiger partial charge in [-0.05, 0) is 66.4 Å². The minimum atomic E-state index is -0.260. The normalized spacial score (nSPS) is 18.5. The lowest BCUT2D eigenvalue weighted by atomic mass is 10.1. The monoisotopic (exact) mass is 369 g/mol. The number of carbonyl (C=O) groups excluding carboxylic acids is 1. The van der Waals surface area contributed by atoms with Gasteiger partial charge in [0.15, 0.2) is 0 Å². The predicted molar refractivity (Wildman–Crippen MR) is 98.2 cm³/mol. The first-order chi connectivity index (χ1) is 12.6. The van der Waals surface area contributed by atoms with Crippen LogP contribution >= 0.6 is 11.6 Å². The Morgan fingerprint density at radius 1 is 1.08 bits per heavy atom. The minimum absolute atomic E-state index is 0.00349. The van der Waals surface area contributed by atoms with E-state index in [0.29, 0.717) is 17.3 Å². The summed E-state index contributed by atoms with van der Waals surface area (Å²) in [5, 5.41) is 3.59. The molecule has 1 amide bonds. The fourth-order valence-electron chi connectivity index (χ4n) is 3.11. The molecule has 5 heteroatoms. The number of benzene rings is 2. The summed E-state index contributed by atoms with van der Waals surface area (Å²) in [5.74, 6) is 1.31. The third kappa shape index (κ3) is 3.65. The number of carbonyl (C=O) groups is 1. The Morgan fingerprint density at radius 3 is 2.54 bits per heavy atom. The van der Waals surface area contributed by atoms with Crippen molar-refractivity contribution >= 4 is 17.5 Å². The van der Waals surface area contributed by atoms with Crippen LogP contribution in [0.15, 0.2) is 65.1 Å². The molecule has 0 spiro atoms. The maximum atomic E-state index is 13.0. The first kappa shape index (κ1) is 16.9. The molecule has 2 aromatic carbocycles. The van der Waals surface area contributed by atoms with Crippen molar-refractivity contribution in [1.29, 1.82) is 0 Å². The molecule has 1 fully saturated rings. The SMILES string of the molecule is O=C(NCc1ccc(-c2ccc(Cl)cc2)o1)[C@H]1C[C@@H]1c1ccc(F)cc1. The van der Waals surface area contributed by atoms with Crippen molar-refractivity contribution in [1.82, 2.24) is 5.32 Å². The van der Waals surface area contributed by atoms with Gasteiger partial charge >= 0.3 is 0 Å². The molecule has 0 unspecified atom stereocenters. The molecule has 3 aromatic rings. The van der Waals surface area contributed by atoms with Crippen LogP contribution in [0.1, 0.15) is 23.7 Å². The van der Waals surface area contributed by atoms with E-state index in [-0.39, 0.29) is 23.6 Å². The summed E-state index contributed by atoms with van der Waals surface area (Å²) in [4.78, 5) is 12.3. The van der Waals surface area contributed by atoms with Crippen LogP contribution in [-0.2, 0) is 11.3 Å². The van der Waals surface area contributed by atoms with Crippen LogP contribution in [-0.4, -0.2) is 5.91 Å². The maximum Gasteiger partial charge on any atom is 0.224 e. The number of furan rings is 1. The summed E-state index contributed by atoms with van der Waals surface area (Å²) in [6.07, 6.45) is 0.797. The van der Waals surface area contributed by atoms with E-state index in [1.54, 1.807) is 12.1 Å². The Morgan fingerprint density at radius 2 is 1.81 bits per heavy atom. The molecule has 2 atom stereocenters. The van der Waals surface area contributed by atoms with Crippen LogP contribution in [0, 0.1) is 11.7 Å². The average Bonchev–Trinajstić information content (AvgIpc) is 3.31. The Kier molecular flexibility index (Phi) is 4.51. The van der Waals surface area contributed by atoms with Crippen LogP contribution in [0.25, 0.3) is 11.3 Å². The molecule has 26 heavy (non-hydrogen) atoms.